The summed E-state index contributed by atoms with van der Waals surface area (Å²) in [5, 5.41) is 0. The number of hydrogen-bond acceptors (Lipinski definition) is 6. The lowest BCUT2D eigenvalue weighted by molar-refractivity contribution is -0.167. The summed E-state index contributed by atoms with van der Waals surface area (Å²) in [7, 11) is 0. The number of rotatable bonds is 58. The molecule has 1 atom stereocenters. The van der Waals surface area contributed by atoms with E-state index in [0.29, 0.717) is 19.3 Å². The molecule has 78 heavy (non-hydrogen) atoms. The van der Waals surface area contributed by atoms with Crippen molar-refractivity contribution in [2.45, 2.75) is 303 Å². The van der Waals surface area contributed by atoms with Gasteiger partial charge in [0, 0.05) is 19.3 Å². The van der Waals surface area contributed by atoms with Gasteiger partial charge in [-0.05, 0) is 96.3 Å². The quantitative estimate of drug-likeness (QED) is 0.0261. The van der Waals surface area contributed by atoms with Gasteiger partial charge in [-0.2, -0.15) is 0 Å². The summed E-state index contributed by atoms with van der Waals surface area (Å²) >= 11 is 0. The van der Waals surface area contributed by atoms with Crippen molar-refractivity contribution in [2.75, 3.05) is 13.2 Å². The van der Waals surface area contributed by atoms with E-state index < -0.39 is 6.10 Å². The molecular weight excluding hydrogens is 961 g/mol. The van der Waals surface area contributed by atoms with Crippen molar-refractivity contribution in [1.82, 2.24) is 0 Å². The van der Waals surface area contributed by atoms with E-state index in [1.807, 2.05) is 0 Å². The second kappa shape index (κ2) is 65.3. The molecule has 0 N–H and O–H groups in total. The lowest BCUT2D eigenvalue weighted by atomic mass is 10.0. The molecule has 0 aromatic carbocycles. The van der Waals surface area contributed by atoms with E-state index in [1.165, 1.54) is 135 Å². The summed E-state index contributed by atoms with van der Waals surface area (Å²) in [5.41, 5.74) is 0. The van der Waals surface area contributed by atoms with Crippen LogP contribution in [0.1, 0.15) is 297 Å². The summed E-state index contributed by atoms with van der Waals surface area (Å²) in [4.78, 5) is 38.2. The van der Waals surface area contributed by atoms with Gasteiger partial charge < -0.3 is 14.2 Å². The van der Waals surface area contributed by atoms with Crippen LogP contribution < -0.4 is 0 Å². The van der Waals surface area contributed by atoms with Crippen molar-refractivity contribution >= 4 is 17.9 Å². The van der Waals surface area contributed by atoms with Gasteiger partial charge in [0.15, 0.2) is 6.10 Å². The predicted octanol–water partition coefficient (Wildman–Crippen LogP) is 22.4. The maximum Gasteiger partial charge on any atom is 0.306 e. The third kappa shape index (κ3) is 62.7. The molecule has 0 heterocycles. The van der Waals surface area contributed by atoms with Gasteiger partial charge in [-0.3, -0.25) is 14.4 Å². The third-order valence-electron chi connectivity index (χ3n) is 13.7. The number of ether oxygens (including phenoxy) is 3. The Hall–Kier alpha value is -4.19. The smallest absolute Gasteiger partial charge is 0.306 e. The average Bonchev–Trinajstić information content (AvgIpc) is 3.44. The fourth-order valence-corrected chi connectivity index (χ4v) is 8.88. The largest absolute Gasteiger partial charge is 0.462 e. The fourth-order valence-electron chi connectivity index (χ4n) is 8.88. The van der Waals surface area contributed by atoms with Crippen LogP contribution in [0.3, 0.4) is 0 Å². The van der Waals surface area contributed by atoms with Crippen molar-refractivity contribution in [3.63, 3.8) is 0 Å². The number of carbonyl (C=O) groups excluding carboxylic acids is 3. The standard InChI is InChI=1S/C72H120O6/c1-4-7-10-13-16-19-22-25-27-28-29-30-31-32-33-34-35-36-37-38-39-40-41-42-43-44-46-47-50-53-56-59-62-65-71(74)77-68-69(67-76-70(73)64-61-58-55-52-49-24-21-18-15-12-9-6-3)78-72(75)66-63-60-57-54-51-48-45-26-23-20-17-14-11-8-5-2/h7,10,16,19,25,27,29-30,32-33,35-36,38-39,41-42,44,46,50,53,69H,4-6,8-9,11-15,17-18,20-24,26,28,31,34,37,40,43,45,47-49,51-52,54-68H2,1-3H3/b10-7-,19-16-,27-25-,30-29-,33-32-,36-35-,39-38-,42-41-,46-44-,53-50-. The van der Waals surface area contributed by atoms with E-state index in [0.717, 1.165) is 122 Å². The van der Waals surface area contributed by atoms with Crippen LogP contribution in [-0.2, 0) is 28.6 Å². The molecular formula is C72H120O6. The summed E-state index contributed by atoms with van der Waals surface area (Å²) in [5.74, 6) is -0.927. The lowest BCUT2D eigenvalue weighted by Gasteiger charge is -2.18. The Labute approximate surface area is 482 Å². The minimum absolute atomic E-state index is 0.0891. The molecule has 1 unspecified atom stereocenters. The minimum atomic E-state index is -0.795. The van der Waals surface area contributed by atoms with Gasteiger partial charge in [-0.1, -0.05) is 303 Å². The Bertz CT molecular complexity index is 1620. The Balaban J connectivity index is 4.34. The maximum atomic E-state index is 12.9. The first-order valence-corrected chi connectivity index (χ1v) is 32.5. The minimum Gasteiger partial charge on any atom is -0.462 e. The number of unbranched alkanes of at least 4 members (excludes halogenated alkanes) is 27. The molecule has 6 nitrogen and oxygen atoms in total. The molecule has 0 radical (unpaired) electrons. The molecule has 0 aliphatic carbocycles. The molecule has 0 aliphatic rings. The summed E-state index contributed by atoms with van der Waals surface area (Å²) in [6.45, 7) is 6.51. The second-order valence-electron chi connectivity index (χ2n) is 21.3. The van der Waals surface area contributed by atoms with Crippen molar-refractivity contribution in [2.24, 2.45) is 0 Å². The molecule has 6 heteroatoms. The van der Waals surface area contributed by atoms with Gasteiger partial charge in [-0.25, -0.2) is 0 Å². The Morgan fingerprint density at radius 2 is 0.500 bits per heavy atom. The van der Waals surface area contributed by atoms with Crippen LogP contribution in [0.4, 0.5) is 0 Å². The molecule has 0 fully saturated rings. The van der Waals surface area contributed by atoms with Crippen LogP contribution in [0.5, 0.6) is 0 Å². The van der Waals surface area contributed by atoms with Crippen molar-refractivity contribution in [3.05, 3.63) is 122 Å². The zero-order valence-electron chi connectivity index (χ0n) is 50.9. The second-order valence-corrected chi connectivity index (χ2v) is 21.3. The van der Waals surface area contributed by atoms with Gasteiger partial charge in [0.05, 0.1) is 0 Å². The fraction of sp³-hybridized carbons (Fsp3) is 0.681. The average molecular weight is 1080 g/mol. The number of esters is 3. The van der Waals surface area contributed by atoms with Crippen molar-refractivity contribution < 1.29 is 28.6 Å². The zero-order chi connectivity index (χ0) is 56.4. The van der Waals surface area contributed by atoms with E-state index in [2.05, 4.69) is 142 Å². The highest BCUT2D eigenvalue weighted by Gasteiger charge is 2.19. The van der Waals surface area contributed by atoms with Crippen LogP contribution in [0, 0.1) is 0 Å². The van der Waals surface area contributed by atoms with Gasteiger partial charge in [0.1, 0.15) is 13.2 Å². The van der Waals surface area contributed by atoms with Crippen molar-refractivity contribution in [3.8, 4) is 0 Å². The SMILES string of the molecule is CC/C=C\C/C=C\C/C=C\C/C=C\C/C=C\C/C=C\C/C=C\C/C=C\C/C=C\C/C=C\CCCCC(=O)OCC(COC(=O)CCCCCCCCCCCCCC)OC(=O)CCCCCCCCCCCCCCCCC. The third-order valence-corrected chi connectivity index (χ3v) is 13.7. The molecule has 0 aromatic heterocycles. The van der Waals surface area contributed by atoms with E-state index in [-0.39, 0.29) is 31.1 Å². The maximum absolute atomic E-state index is 12.9. The highest BCUT2D eigenvalue weighted by Crippen LogP contribution is 2.16. The molecule has 0 saturated carbocycles. The first-order chi connectivity index (χ1) is 38.5. The van der Waals surface area contributed by atoms with Crippen LogP contribution in [-0.4, -0.2) is 37.2 Å². The van der Waals surface area contributed by atoms with E-state index >= 15 is 0 Å². The van der Waals surface area contributed by atoms with Crippen LogP contribution in [0.25, 0.3) is 0 Å². The van der Waals surface area contributed by atoms with Gasteiger partial charge >= 0.3 is 17.9 Å². The molecule has 0 spiro atoms. The van der Waals surface area contributed by atoms with Gasteiger partial charge in [0.25, 0.3) is 0 Å². The normalized spacial score (nSPS) is 12.9. The highest BCUT2D eigenvalue weighted by molar-refractivity contribution is 5.71. The van der Waals surface area contributed by atoms with Gasteiger partial charge in [0.2, 0.25) is 0 Å². The topological polar surface area (TPSA) is 78.9 Å². The first-order valence-electron chi connectivity index (χ1n) is 32.5. The molecule has 0 rings (SSSR count). The van der Waals surface area contributed by atoms with E-state index in [1.54, 1.807) is 0 Å². The number of hydrogen-bond donors (Lipinski definition) is 0. The monoisotopic (exact) mass is 1080 g/mol. The Morgan fingerprint density at radius 1 is 0.269 bits per heavy atom. The number of allylic oxidation sites excluding steroid dienone is 20. The van der Waals surface area contributed by atoms with E-state index in [9.17, 15) is 14.4 Å². The van der Waals surface area contributed by atoms with Gasteiger partial charge in [-0.15, -0.1) is 0 Å². The molecule has 0 amide bonds. The Kier molecular flexibility index (Phi) is 61.8. The van der Waals surface area contributed by atoms with Crippen LogP contribution in [0.2, 0.25) is 0 Å². The molecule has 0 bridgehead atoms. The lowest BCUT2D eigenvalue weighted by Crippen LogP contribution is -2.30. The molecule has 0 aliphatic heterocycles. The predicted molar refractivity (Wildman–Crippen MR) is 339 cm³/mol. The van der Waals surface area contributed by atoms with Crippen LogP contribution >= 0.6 is 0 Å². The highest BCUT2D eigenvalue weighted by atomic mass is 16.6. The summed E-state index contributed by atoms with van der Waals surface area (Å²) < 4.78 is 16.9. The molecule has 444 valence electrons. The van der Waals surface area contributed by atoms with E-state index in [4.69, 9.17) is 14.2 Å². The summed E-state index contributed by atoms with van der Waals surface area (Å²) in [6, 6.07) is 0. The molecule has 0 saturated heterocycles. The van der Waals surface area contributed by atoms with Crippen LogP contribution in [0.15, 0.2) is 122 Å². The summed E-state index contributed by atoms with van der Waals surface area (Å²) in [6.07, 6.45) is 90.7. The Morgan fingerprint density at radius 3 is 0.782 bits per heavy atom. The zero-order valence-corrected chi connectivity index (χ0v) is 50.9. The molecule has 0 aromatic rings. The first kappa shape index (κ1) is 73.8. The number of carbonyl (C=O) groups is 3. The van der Waals surface area contributed by atoms with Crippen molar-refractivity contribution in [1.29, 1.82) is 0 Å².